The highest BCUT2D eigenvalue weighted by atomic mass is 32.2. The molecule has 0 bridgehead atoms. The molecule has 0 N–H and O–H groups in total. The first-order valence-corrected chi connectivity index (χ1v) is 11.4. The number of piperidine rings is 1. The van der Waals surface area contributed by atoms with Gasteiger partial charge in [0.15, 0.2) is 5.82 Å². The van der Waals surface area contributed by atoms with E-state index >= 15 is 0 Å². The van der Waals surface area contributed by atoms with Gasteiger partial charge in [-0.1, -0.05) is 30.2 Å². The highest BCUT2D eigenvalue weighted by molar-refractivity contribution is 7.99. The topological polar surface area (TPSA) is 38.2 Å². The van der Waals surface area contributed by atoms with Crippen LogP contribution in [0.5, 0.6) is 0 Å². The third kappa shape index (κ3) is 4.76. The molecule has 28 heavy (non-hydrogen) atoms. The Morgan fingerprint density at radius 3 is 2.75 bits per heavy atom. The Labute approximate surface area is 173 Å². The third-order valence-electron chi connectivity index (χ3n) is 5.63. The number of aromatic nitrogens is 2. The van der Waals surface area contributed by atoms with Crippen LogP contribution in [0.25, 0.3) is 11.4 Å². The van der Waals surface area contributed by atoms with Crippen molar-refractivity contribution >= 4 is 11.8 Å². The summed E-state index contributed by atoms with van der Waals surface area (Å²) < 4.78 is 6.09. The van der Waals surface area contributed by atoms with Crippen molar-refractivity contribution < 1.29 is 4.74 Å². The fourth-order valence-electron chi connectivity index (χ4n) is 4.01. The summed E-state index contributed by atoms with van der Waals surface area (Å²) >= 11 is 1.87. The molecule has 2 aliphatic rings. The smallest absolute Gasteiger partial charge is 0.160 e. The van der Waals surface area contributed by atoms with Crippen molar-refractivity contribution in [1.29, 1.82) is 0 Å². The number of hydrogen-bond donors (Lipinski definition) is 0. The number of likely N-dealkylation sites (tertiary alicyclic amines) is 1. The van der Waals surface area contributed by atoms with E-state index in [-0.39, 0.29) is 5.60 Å². The van der Waals surface area contributed by atoms with Crippen molar-refractivity contribution in [1.82, 2.24) is 14.9 Å². The Hall–Kier alpha value is -1.43. The van der Waals surface area contributed by atoms with Crippen LogP contribution < -0.4 is 0 Å². The number of fused-ring (bicyclic) bond motifs is 1. The summed E-state index contributed by atoms with van der Waals surface area (Å²) in [4.78, 5) is 12.5. The molecule has 1 aromatic carbocycles. The first-order valence-electron chi connectivity index (χ1n) is 10.5. The Morgan fingerprint density at radius 2 is 1.96 bits per heavy atom. The number of hydrogen-bond acceptors (Lipinski definition) is 5. The third-order valence-corrected chi connectivity index (χ3v) is 6.62. The molecule has 150 valence electrons. The van der Waals surface area contributed by atoms with Crippen LogP contribution in [-0.4, -0.2) is 45.9 Å². The minimum atomic E-state index is -0.166. The van der Waals surface area contributed by atoms with E-state index in [0.29, 0.717) is 6.61 Å². The molecule has 0 aliphatic carbocycles. The zero-order valence-electron chi connectivity index (χ0n) is 17.3. The number of nitrogens with zero attached hydrogens (tertiary/aromatic N) is 3. The van der Waals surface area contributed by atoms with Crippen LogP contribution in [0.4, 0.5) is 0 Å². The molecule has 0 atom stereocenters. The van der Waals surface area contributed by atoms with Crippen LogP contribution >= 0.6 is 11.8 Å². The van der Waals surface area contributed by atoms with Gasteiger partial charge in [-0.2, -0.15) is 0 Å². The molecular weight excluding hydrogens is 366 g/mol. The number of aryl methyl sites for hydroxylation is 1. The summed E-state index contributed by atoms with van der Waals surface area (Å²) in [6, 6.07) is 8.49. The number of ether oxygens (including phenoxy) is 1. The van der Waals surface area contributed by atoms with Crippen molar-refractivity contribution in [2.45, 2.75) is 63.7 Å². The van der Waals surface area contributed by atoms with Crippen molar-refractivity contribution in [3.05, 3.63) is 41.1 Å². The zero-order chi connectivity index (χ0) is 19.6. The average molecular weight is 398 g/mol. The molecule has 0 unspecified atom stereocenters. The number of thioether (sulfide) groups is 1. The second-order valence-corrected chi connectivity index (χ2v) is 9.71. The summed E-state index contributed by atoms with van der Waals surface area (Å²) in [5.74, 6) is 1.92. The molecule has 1 aromatic heterocycles. The minimum absolute atomic E-state index is 0.166. The Balaban J connectivity index is 1.59. The van der Waals surface area contributed by atoms with E-state index in [1.54, 1.807) is 0 Å². The minimum Gasteiger partial charge on any atom is -0.370 e. The highest BCUT2D eigenvalue weighted by Gasteiger charge is 2.30. The van der Waals surface area contributed by atoms with Crippen LogP contribution in [-0.2, 0) is 17.8 Å². The second-order valence-electron chi connectivity index (χ2n) is 8.62. The maximum Gasteiger partial charge on any atom is 0.160 e. The van der Waals surface area contributed by atoms with Gasteiger partial charge < -0.3 is 9.64 Å². The van der Waals surface area contributed by atoms with Gasteiger partial charge in [0.1, 0.15) is 5.03 Å². The van der Waals surface area contributed by atoms with Gasteiger partial charge in [-0.25, -0.2) is 9.97 Å². The largest absolute Gasteiger partial charge is 0.370 e. The lowest BCUT2D eigenvalue weighted by Crippen LogP contribution is -2.33. The van der Waals surface area contributed by atoms with E-state index in [1.807, 2.05) is 11.8 Å². The molecule has 1 saturated heterocycles. The number of rotatable bonds is 5. The monoisotopic (exact) mass is 397 g/mol. The lowest BCUT2D eigenvalue weighted by Gasteiger charge is -2.32. The summed E-state index contributed by atoms with van der Waals surface area (Å²) in [7, 11) is 0. The molecule has 1 fully saturated rings. The first-order chi connectivity index (χ1) is 13.5. The van der Waals surface area contributed by atoms with E-state index in [9.17, 15) is 0 Å². The Kier molecular flexibility index (Phi) is 6.04. The van der Waals surface area contributed by atoms with Gasteiger partial charge in [-0.3, -0.25) is 0 Å². The normalized spacial score (nSPS) is 19.4. The van der Waals surface area contributed by atoms with Gasteiger partial charge in [-0.15, -0.1) is 11.8 Å². The molecule has 4 nitrogen and oxygen atoms in total. The van der Waals surface area contributed by atoms with Crippen molar-refractivity contribution in [3.63, 3.8) is 0 Å². The van der Waals surface area contributed by atoms with E-state index in [1.165, 1.54) is 43.5 Å². The predicted molar refractivity (Wildman–Crippen MR) is 116 cm³/mol. The molecule has 2 aliphatic heterocycles. The van der Waals surface area contributed by atoms with Crippen molar-refractivity contribution in [2.24, 2.45) is 0 Å². The standard InChI is InChI=1S/C23H31N3OS/c1-17-8-7-9-18(14-17)21-24-20-15-23(2,3)27-16-19(20)22(25-21)28-13-12-26-10-5-4-6-11-26/h7-9,14H,4-6,10-13,15-16H2,1-3H3. The molecule has 2 aromatic rings. The summed E-state index contributed by atoms with van der Waals surface area (Å²) in [5.41, 5.74) is 4.52. The van der Waals surface area contributed by atoms with Gasteiger partial charge in [0.25, 0.3) is 0 Å². The molecule has 0 radical (unpaired) electrons. The molecule has 3 heterocycles. The fourth-order valence-corrected chi connectivity index (χ4v) is 5.05. The molecule has 5 heteroatoms. The summed E-state index contributed by atoms with van der Waals surface area (Å²) in [5, 5.41) is 1.11. The Morgan fingerprint density at radius 1 is 1.14 bits per heavy atom. The molecule has 0 saturated carbocycles. The average Bonchev–Trinajstić information content (AvgIpc) is 2.67. The molecule has 0 spiro atoms. The van der Waals surface area contributed by atoms with Crippen LogP contribution in [0.3, 0.4) is 0 Å². The van der Waals surface area contributed by atoms with E-state index in [0.717, 1.165) is 40.8 Å². The SMILES string of the molecule is Cc1cccc(-c2nc3c(c(SCCN4CCCCC4)n2)COC(C)(C)C3)c1. The summed E-state index contributed by atoms with van der Waals surface area (Å²) in [6.45, 7) is 10.6. The second kappa shape index (κ2) is 8.52. The van der Waals surface area contributed by atoms with Crippen LogP contribution in [0, 0.1) is 6.92 Å². The van der Waals surface area contributed by atoms with E-state index in [4.69, 9.17) is 14.7 Å². The van der Waals surface area contributed by atoms with Gasteiger partial charge in [0.2, 0.25) is 0 Å². The van der Waals surface area contributed by atoms with Crippen molar-refractivity contribution in [2.75, 3.05) is 25.4 Å². The van der Waals surface area contributed by atoms with Gasteiger partial charge >= 0.3 is 0 Å². The van der Waals surface area contributed by atoms with E-state index in [2.05, 4.69) is 49.9 Å². The maximum absolute atomic E-state index is 6.09. The first kappa shape index (κ1) is 19.9. The van der Waals surface area contributed by atoms with Gasteiger partial charge in [0.05, 0.1) is 17.9 Å². The van der Waals surface area contributed by atoms with Crippen LogP contribution in [0.1, 0.15) is 49.9 Å². The van der Waals surface area contributed by atoms with Gasteiger partial charge in [-0.05, 0) is 52.8 Å². The predicted octanol–water partition coefficient (Wildman–Crippen LogP) is 4.88. The fraction of sp³-hybridized carbons (Fsp3) is 0.565. The van der Waals surface area contributed by atoms with Gasteiger partial charge in [0, 0.05) is 29.8 Å². The lowest BCUT2D eigenvalue weighted by atomic mass is 9.96. The van der Waals surface area contributed by atoms with Crippen LogP contribution in [0.2, 0.25) is 0 Å². The Bertz CT molecular complexity index is 831. The highest BCUT2D eigenvalue weighted by Crippen LogP contribution is 2.34. The quantitative estimate of drug-likeness (QED) is 0.531. The van der Waals surface area contributed by atoms with E-state index < -0.39 is 0 Å². The number of benzene rings is 1. The molecule has 4 rings (SSSR count). The summed E-state index contributed by atoms with van der Waals surface area (Å²) in [6.07, 6.45) is 4.90. The van der Waals surface area contributed by atoms with Crippen molar-refractivity contribution in [3.8, 4) is 11.4 Å². The molecule has 0 amide bonds. The maximum atomic E-state index is 6.09. The lowest BCUT2D eigenvalue weighted by molar-refractivity contribution is -0.0428. The zero-order valence-corrected chi connectivity index (χ0v) is 18.1. The van der Waals surface area contributed by atoms with Crippen LogP contribution in [0.15, 0.2) is 29.3 Å². The molecular formula is C23H31N3OS.